The molecule has 1 aliphatic rings. The van der Waals surface area contributed by atoms with E-state index in [1.807, 2.05) is 29.2 Å². The second-order valence-electron chi connectivity index (χ2n) is 5.84. The van der Waals surface area contributed by atoms with Crippen molar-refractivity contribution in [3.05, 3.63) is 42.5 Å². The molecule has 23 heavy (non-hydrogen) atoms. The third-order valence-electron chi connectivity index (χ3n) is 4.32. The number of fused-ring (bicyclic) bond motifs is 1. The van der Waals surface area contributed by atoms with E-state index in [4.69, 9.17) is 0 Å². The Morgan fingerprint density at radius 2 is 2.22 bits per heavy atom. The van der Waals surface area contributed by atoms with Crippen molar-refractivity contribution in [2.75, 3.05) is 6.54 Å². The van der Waals surface area contributed by atoms with Crippen LogP contribution in [0.2, 0.25) is 0 Å². The first-order valence-electron chi connectivity index (χ1n) is 7.89. The summed E-state index contributed by atoms with van der Waals surface area (Å²) in [5.41, 5.74) is 1.95. The lowest BCUT2D eigenvalue weighted by atomic mass is 10.0. The van der Waals surface area contributed by atoms with Gasteiger partial charge in [-0.25, -0.2) is 9.67 Å². The fourth-order valence-electron chi connectivity index (χ4n) is 3.19. The number of likely N-dealkylation sites (tertiary alicyclic amines) is 1. The first-order chi connectivity index (χ1) is 11.3. The van der Waals surface area contributed by atoms with E-state index in [9.17, 15) is 4.79 Å². The van der Waals surface area contributed by atoms with Gasteiger partial charge in [-0.1, -0.05) is 17.3 Å². The van der Waals surface area contributed by atoms with Crippen LogP contribution in [0, 0.1) is 0 Å². The third-order valence-corrected chi connectivity index (χ3v) is 4.32. The molecule has 1 amide bonds. The topological polar surface area (TPSA) is 79.7 Å². The van der Waals surface area contributed by atoms with Crippen molar-refractivity contribution in [3.8, 4) is 0 Å². The molecule has 0 radical (unpaired) electrons. The van der Waals surface area contributed by atoms with Gasteiger partial charge in [-0.05, 0) is 31.4 Å². The molecule has 1 aliphatic heterocycles. The van der Waals surface area contributed by atoms with Crippen molar-refractivity contribution in [1.29, 1.82) is 0 Å². The molecule has 3 heterocycles. The van der Waals surface area contributed by atoms with E-state index in [0.717, 1.165) is 42.7 Å². The highest BCUT2D eigenvalue weighted by Crippen LogP contribution is 2.30. The molecule has 118 valence electrons. The summed E-state index contributed by atoms with van der Waals surface area (Å²) in [5.74, 6) is 0.929. The summed E-state index contributed by atoms with van der Waals surface area (Å²) in [5, 5.41) is 7.63. The fraction of sp³-hybridized carbons (Fsp3) is 0.375. The quantitative estimate of drug-likeness (QED) is 0.801. The minimum atomic E-state index is 0.00664. The molecule has 1 fully saturated rings. The molecular formula is C16H18N6O. The molecule has 0 unspecified atom stereocenters. The van der Waals surface area contributed by atoms with Crippen molar-refractivity contribution >= 4 is 16.9 Å². The predicted octanol–water partition coefficient (Wildman–Crippen LogP) is 1.91. The van der Waals surface area contributed by atoms with E-state index >= 15 is 0 Å². The average Bonchev–Trinajstić information content (AvgIpc) is 3.23. The fourth-order valence-corrected chi connectivity index (χ4v) is 3.19. The number of hydrogen-bond donors (Lipinski definition) is 1. The van der Waals surface area contributed by atoms with Crippen LogP contribution in [0.5, 0.6) is 0 Å². The highest BCUT2D eigenvalue weighted by atomic mass is 16.2. The highest BCUT2D eigenvalue weighted by molar-refractivity contribution is 5.77. The Hall–Kier alpha value is -2.70. The lowest BCUT2D eigenvalue weighted by molar-refractivity contribution is -0.136. The van der Waals surface area contributed by atoms with Gasteiger partial charge in [0.25, 0.3) is 0 Å². The molecule has 3 aromatic rings. The van der Waals surface area contributed by atoms with Gasteiger partial charge in [-0.2, -0.15) is 0 Å². The molecule has 0 saturated carbocycles. The Bertz CT molecular complexity index is 776. The highest BCUT2D eigenvalue weighted by Gasteiger charge is 2.30. The summed E-state index contributed by atoms with van der Waals surface area (Å²) >= 11 is 0. The van der Waals surface area contributed by atoms with Gasteiger partial charge in [-0.15, -0.1) is 5.10 Å². The number of nitrogens with one attached hydrogen (secondary N) is 1. The van der Waals surface area contributed by atoms with Crippen LogP contribution in [0.1, 0.15) is 31.1 Å². The number of para-hydroxylation sites is 2. The summed E-state index contributed by atoms with van der Waals surface area (Å²) in [6.45, 7) is 0.978. The number of carbonyl (C=O) groups is 1. The number of benzene rings is 1. The first-order valence-corrected chi connectivity index (χ1v) is 7.89. The number of H-pyrrole nitrogens is 1. The lowest BCUT2D eigenvalue weighted by Gasteiger charge is -2.34. The van der Waals surface area contributed by atoms with Crippen LogP contribution in [-0.4, -0.2) is 42.3 Å². The van der Waals surface area contributed by atoms with E-state index in [0.29, 0.717) is 0 Å². The Labute approximate surface area is 133 Å². The van der Waals surface area contributed by atoms with Crippen molar-refractivity contribution in [3.63, 3.8) is 0 Å². The van der Waals surface area contributed by atoms with Crippen molar-refractivity contribution in [1.82, 2.24) is 29.9 Å². The molecule has 0 bridgehead atoms. The van der Waals surface area contributed by atoms with E-state index in [2.05, 4.69) is 20.3 Å². The molecule has 1 aromatic carbocycles. The summed E-state index contributed by atoms with van der Waals surface area (Å²) in [6.07, 6.45) is 6.36. The van der Waals surface area contributed by atoms with Crippen LogP contribution in [0.4, 0.5) is 0 Å². The van der Waals surface area contributed by atoms with Gasteiger partial charge in [0.05, 0.1) is 23.3 Å². The van der Waals surface area contributed by atoms with Gasteiger partial charge < -0.3 is 9.88 Å². The van der Waals surface area contributed by atoms with Crippen molar-refractivity contribution < 1.29 is 4.79 Å². The van der Waals surface area contributed by atoms with E-state index in [-0.39, 0.29) is 18.5 Å². The second-order valence-corrected chi connectivity index (χ2v) is 5.84. The lowest BCUT2D eigenvalue weighted by Crippen LogP contribution is -2.40. The molecule has 7 heteroatoms. The van der Waals surface area contributed by atoms with Gasteiger partial charge in [-0.3, -0.25) is 4.79 Å². The Morgan fingerprint density at radius 3 is 3.04 bits per heavy atom. The van der Waals surface area contributed by atoms with E-state index in [1.165, 1.54) is 0 Å². The monoisotopic (exact) mass is 310 g/mol. The van der Waals surface area contributed by atoms with Gasteiger partial charge in [0, 0.05) is 12.7 Å². The number of hydrogen-bond acceptors (Lipinski definition) is 4. The zero-order chi connectivity index (χ0) is 15.6. The van der Waals surface area contributed by atoms with Gasteiger partial charge >= 0.3 is 0 Å². The smallest absolute Gasteiger partial charge is 0.244 e. The molecule has 1 saturated heterocycles. The standard InChI is InChI=1S/C16H18N6O/c23-15(11-21-10-8-17-20-21)22-9-4-3-7-14(22)16-18-12-5-1-2-6-13(12)19-16/h1-2,5-6,8,10,14H,3-4,7,9,11H2,(H,18,19)/t14-/m0/s1. The molecule has 0 spiro atoms. The maximum atomic E-state index is 12.7. The van der Waals surface area contributed by atoms with Crippen molar-refractivity contribution in [2.45, 2.75) is 31.8 Å². The number of imidazole rings is 1. The summed E-state index contributed by atoms with van der Waals surface area (Å²) in [4.78, 5) is 22.6. The molecule has 1 atom stereocenters. The SMILES string of the molecule is O=C(Cn1ccnn1)N1CCCC[C@H]1c1nc2ccccc2[nH]1. The van der Waals surface area contributed by atoms with E-state index in [1.54, 1.807) is 17.1 Å². The summed E-state index contributed by atoms with van der Waals surface area (Å²) in [7, 11) is 0. The molecule has 7 nitrogen and oxygen atoms in total. The van der Waals surface area contributed by atoms with Crippen LogP contribution in [0.3, 0.4) is 0 Å². The van der Waals surface area contributed by atoms with Crippen LogP contribution in [-0.2, 0) is 11.3 Å². The number of rotatable bonds is 3. The Balaban J connectivity index is 1.60. The first kappa shape index (κ1) is 13.9. The number of amides is 1. The average molecular weight is 310 g/mol. The number of nitrogens with zero attached hydrogens (tertiary/aromatic N) is 5. The van der Waals surface area contributed by atoms with E-state index < -0.39 is 0 Å². The number of carbonyl (C=O) groups excluding carboxylic acids is 1. The molecule has 2 aromatic heterocycles. The number of aromatic amines is 1. The maximum Gasteiger partial charge on any atom is 0.244 e. The summed E-state index contributed by atoms with van der Waals surface area (Å²) < 4.78 is 1.56. The Kier molecular flexibility index (Phi) is 3.53. The maximum absolute atomic E-state index is 12.7. The number of piperidine rings is 1. The van der Waals surface area contributed by atoms with Gasteiger partial charge in [0.15, 0.2) is 0 Å². The minimum absolute atomic E-state index is 0.00664. The van der Waals surface area contributed by atoms with Crippen LogP contribution in [0.25, 0.3) is 11.0 Å². The minimum Gasteiger partial charge on any atom is -0.340 e. The Morgan fingerprint density at radius 1 is 1.30 bits per heavy atom. The molecule has 0 aliphatic carbocycles. The summed E-state index contributed by atoms with van der Waals surface area (Å²) in [6, 6.07) is 7.96. The van der Waals surface area contributed by atoms with Crippen LogP contribution < -0.4 is 0 Å². The van der Waals surface area contributed by atoms with Crippen LogP contribution >= 0.6 is 0 Å². The number of aromatic nitrogens is 5. The molecule has 1 N–H and O–H groups in total. The molecule has 4 rings (SSSR count). The largest absolute Gasteiger partial charge is 0.340 e. The van der Waals surface area contributed by atoms with Crippen molar-refractivity contribution in [2.24, 2.45) is 0 Å². The van der Waals surface area contributed by atoms with Crippen LogP contribution in [0.15, 0.2) is 36.7 Å². The van der Waals surface area contributed by atoms with Gasteiger partial charge in [0.2, 0.25) is 5.91 Å². The molecular weight excluding hydrogens is 292 g/mol. The zero-order valence-corrected chi connectivity index (χ0v) is 12.7. The zero-order valence-electron chi connectivity index (χ0n) is 12.7. The third kappa shape index (κ3) is 2.69. The predicted molar refractivity (Wildman–Crippen MR) is 84.4 cm³/mol. The van der Waals surface area contributed by atoms with Gasteiger partial charge in [0.1, 0.15) is 12.4 Å². The normalized spacial score (nSPS) is 18.4. The second kappa shape index (κ2) is 5.83.